The van der Waals surface area contributed by atoms with Gasteiger partial charge in [-0.25, -0.2) is 0 Å². The molecule has 1 fully saturated rings. The number of piperidine rings is 1. The molecule has 0 amide bonds. The van der Waals surface area contributed by atoms with Crippen LogP contribution in [0.5, 0.6) is 0 Å². The first kappa shape index (κ1) is 16.3. The minimum absolute atomic E-state index is 0.414. The van der Waals surface area contributed by atoms with E-state index in [1.54, 1.807) is 0 Å². The third kappa shape index (κ3) is 3.56. The maximum absolute atomic E-state index is 6.52. The molecule has 1 aliphatic rings. The largest absolute Gasteiger partial charge is 0.319 e. The van der Waals surface area contributed by atoms with Crippen molar-refractivity contribution in [1.29, 1.82) is 0 Å². The molecule has 1 saturated heterocycles. The minimum Gasteiger partial charge on any atom is -0.319 e. The summed E-state index contributed by atoms with van der Waals surface area (Å²) in [5, 5.41) is 4.22. The Bertz CT molecular complexity index is 448. The summed E-state index contributed by atoms with van der Waals surface area (Å²) in [7, 11) is 2.04. The summed E-state index contributed by atoms with van der Waals surface area (Å²) in [6, 6.07) is 7.25. The van der Waals surface area contributed by atoms with Gasteiger partial charge in [-0.05, 0) is 70.4 Å². The number of nitrogens with one attached hydrogen (secondary N) is 1. The molecule has 0 spiro atoms. The van der Waals surface area contributed by atoms with Gasteiger partial charge in [0, 0.05) is 21.6 Å². The summed E-state index contributed by atoms with van der Waals surface area (Å²) in [6.45, 7) is 6.76. The Morgan fingerprint density at radius 3 is 2.80 bits per heavy atom. The van der Waals surface area contributed by atoms with Crippen molar-refractivity contribution in [3.05, 3.63) is 33.3 Å². The van der Waals surface area contributed by atoms with Crippen LogP contribution in [0.1, 0.15) is 38.3 Å². The molecule has 4 heteroatoms. The van der Waals surface area contributed by atoms with Crippen molar-refractivity contribution >= 4 is 27.5 Å². The van der Waals surface area contributed by atoms with E-state index in [-0.39, 0.29) is 0 Å². The Kier molecular flexibility index (Phi) is 5.91. The zero-order chi connectivity index (χ0) is 14.7. The van der Waals surface area contributed by atoms with Gasteiger partial charge in [0.2, 0.25) is 0 Å². The molecule has 2 atom stereocenters. The summed E-state index contributed by atoms with van der Waals surface area (Å²) in [6.07, 6.45) is 2.54. The Morgan fingerprint density at radius 1 is 1.45 bits per heavy atom. The highest BCUT2D eigenvalue weighted by Crippen LogP contribution is 2.40. The van der Waals surface area contributed by atoms with Crippen LogP contribution in [0.3, 0.4) is 0 Å². The summed E-state index contributed by atoms with van der Waals surface area (Å²) < 4.78 is 1.04. The first-order valence-electron chi connectivity index (χ1n) is 7.40. The number of benzene rings is 1. The molecule has 2 unspecified atom stereocenters. The molecular formula is C16H24BrClN2. The molecule has 1 aromatic rings. The second-order valence-electron chi connectivity index (χ2n) is 5.90. The highest BCUT2D eigenvalue weighted by Gasteiger charge is 2.34. The van der Waals surface area contributed by atoms with Crippen LogP contribution >= 0.6 is 27.5 Å². The Hall–Kier alpha value is -0.0900. The van der Waals surface area contributed by atoms with Crippen LogP contribution < -0.4 is 5.32 Å². The Labute approximate surface area is 136 Å². The van der Waals surface area contributed by atoms with Gasteiger partial charge >= 0.3 is 0 Å². The van der Waals surface area contributed by atoms with Crippen LogP contribution in [0.2, 0.25) is 5.02 Å². The highest BCUT2D eigenvalue weighted by atomic mass is 79.9. The van der Waals surface area contributed by atoms with Gasteiger partial charge in [-0.15, -0.1) is 0 Å². The van der Waals surface area contributed by atoms with Gasteiger partial charge in [0.05, 0.1) is 0 Å². The SMILES string of the molecule is CNCC1CCCN(C(C)C)C1c1ccc(Br)cc1Cl. The van der Waals surface area contributed by atoms with E-state index < -0.39 is 0 Å². The normalized spacial score (nSPS) is 24.3. The van der Waals surface area contributed by atoms with Gasteiger partial charge in [0.1, 0.15) is 0 Å². The lowest BCUT2D eigenvalue weighted by Crippen LogP contribution is -2.45. The van der Waals surface area contributed by atoms with E-state index in [2.05, 4.69) is 52.1 Å². The molecule has 0 aliphatic carbocycles. The first-order chi connectivity index (χ1) is 9.54. The third-order valence-electron chi connectivity index (χ3n) is 4.21. The van der Waals surface area contributed by atoms with Crippen molar-refractivity contribution in [3.63, 3.8) is 0 Å². The maximum atomic E-state index is 6.52. The molecule has 1 aliphatic heterocycles. The second kappa shape index (κ2) is 7.26. The maximum Gasteiger partial charge on any atom is 0.0465 e. The molecule has 0 bridgehead atoms. The molecule has 0 aromatic heterocycles. The number of likely N-dealkylation sites (tertiary alicyclic amines) is 1. The Balaban J connectivity index is 2.37. The number of hydrogen-bond donors (Lipinski definition) is 1. The molecule has 20 heavy (non-hydrogen) atoms. The molecule has 1 aromatic carbocycles. The first-order valence-corrected chi connectivity index (χ1v) is 8.57. The molecule has 1 heterocycles. The number of nitrogens with zero attached hydrogens (tertiary/aromatic N) is 1. The molecule has 2 nitrogen and oxygen atoms in total. The minimum atomic E-state index is 0.414. The molecular weight excluding hydrogens is 336 g/mol. The fourth-order valence-corrected chi connectivity index (χ4v) is 4.12. The van der Waals surface area contributed by atoms with Gasteiger partial charge in [0.25, 0.3) is 0 Å². The van der Waals surface area contributed by atoms with E-state index in [9.17, 15) is 0 Å². The van der Waals surface area contributed by atoms with Crippen LogP contribution in [0, 0.1) is 5.92 Å². The zero-order valence-electron chi connectivity index (χ0n) is 12.5. The van der Waals surface area contributed by atoms with Crippen LogP contribution in [0.15, 0.2) is 22.7 Å². The van der Waals surface area contributed by atoms with Crippen molar-refractivity contribution in [3.8, 4) is 0 Å². The molecule has 0 saturated carbocycles. The second-order valence-corrected chi connectivity index (χ2v) is 7.23. The van der Waals surface area contributed by atoms with Crippen molar-refractivity contribution in [1.82, 2.24) is 10.2 Å². The number of hydrogen-bond acceptors (Lipinski definition) is 2. The lowest BCUT2D eigenvalue weighted by atomic mass is 9.83. The zero-order valence-corrected chi connectivity index (χ0v) is 14.8. The van der Waals surface area contributed by atoms with E-state index in [1.165, 1.54) is 18.4 Å². The molecule has 0 radical (unpaired) electrons. The fourth-order valence-electron chi connectivity index (χ4n) is 3.33. The van der Waals surface area contributed by atoms with E-state index >= 15 is 0 Å². The quantitative estimate of drug-likeness (QED) is 0.852. The average Bonchev–Trinajstić information content (AvgIpc) is 2.39. The van der Waals surface area contributed by atoms with Crippen molar-refractivity contribution in [2.45, 2.75) is 38.8 Å². The smallest absolute Gasteiger partial charge is 0.0465 e. The third-order valence-corrected chi connectivity index (χ3v) is 5.03. The summed E-state index contributed by atoms with van der Waals surface area (Å²) in [5.41, 5.74) is 1.27. The van der Waals surface area contributed by atoms with E-state index in [0.717, 1.165) is 22.6 Å². The molecule has 2 rings (SSSR count). The standard InChI is InChI=1S/C16H24BrClN2/c1-11(2)20-8-4-5-12(10-19-3)16(20)14-7-6-13(17)9-15(14)18/h6-7,9,11-12,16,19H,4-5,8,10H2,1-3H3. The summed E-state index contributed by atoms with van der Waals surface area (Å²) in [5.74, 6) is 0.620. The van der Waals surface area contributed by atoms with Gasteiger partial charge < -0.3 is 5.32 Å². The van der Waals surface area contributed by atoms with Gasteiger partial charge in [0.15, 0.2) is 0 Å². The topological polar surface area (TPSA) is 15.3 Å². The van der Waals surface area contributed by atoms with Crippen LogP contribution in [0.4, 0.5) is 0 Å². The fraction of sp³-hybridized carbons (Fsp3) is 0.625. The van der Waals surface area contributed by atoms with Crippen molar-refractivity contribution in [2.75, 3.05) is 20.1 Å². The van der Waals surface area contributed by atoms with Crippen LogP contribution in [-0.4, -0.2) is 31.1 Å². The van der Waals surface area contributed by atoms with E-state index in [4.69, 9.17) is 11.6 Å². The van der Waals surface area contributed by atoms with Gasteiger partial charge in [-0.1, -0.05) is 33.6 Å². The monoisotopic (exact) mass is 358 g/mol. The summed E-state index contributed by atoms with van der Waals surface area (Å²) in [4.78, 5) is 2.60. The number of rotatable bonds is 4. The highest BCUT2D eigenvalue weighted by molar-refractivity contribution is 9.10. The number of halogens is 2. The average molecular weight is 360 g/mol. The lowest BCUT2D eigenvalue weighted by molar-refractivity contribution is 0.0636. The van der Waals surface area contributed by atoms with Crippen molar-refractivity contribution < 1.29 is 0 Å². The van der Waals surface area contributed by atoms with E-state index in [0.29, 0.717) is 18.0 Å². The van der Waals surface area contributed by atoms with Crippen molar-refractivity contribution in [2.24, 2.45) is 5.92 Å². The predicted octanol–water partition coefficient (Wildman–Crippen LogP) is 4.48. The Morgan fingerprint density at radius 2 is 2.20 bits per heavy atom. The molecule has 1 N–H and O–H groups in total. The molecule has 112 valence electrons. The van der Waals surface area contributed by atoms with E-state index in [1.807, 2.05) is 13.1 Å². The lowest BCUT2D eigenvalue weighted by Gasteiger charge is -2.44. The van der Waals surface area contributed by atoms with Gasteiger partial charge in [-0.2, -0.15) is 0 Å². The van der Waals surface area contributed by atoms with Crippen LogP contribution in [-0.2, 0) is 0 Å². The predicted molar refractivity (Wildman–Crippen MR) is 90.4 cm³/mol. The summed E-state index contributed by atoms with van der Waals surface area (Å²) >= 11 is 10.0. The van der Waals surface area contributed by atoms with Crippen LogP contribution in [0.25, 0.3) is 0 Å². The van der Waals surface area contributed by atoms with Gasteiger partial charge in [-0.3, -0.25) is 4.90 Å².